The number of rotatable bonds is 7. The molecule has 144 valence electrons. The maximum absolute atomic E-state index is 13.0. The lowest BCUT2D eigenvalue weighted by molar-refractivity contribution is -0.182. The Kier molecular flexibility index (Phi) is 6.57. The predicted octanol–water partition coefficient (Wildman–Crippen LogP) is 3.73. The van der Waals surface area contributed by atoms with E-state index in [0.29, 0.717) is 0 Å². The van der Waals surface area contributed by atoms with Gasteiger partial charge in [-0.1, -0.05) is 30.3 Å². The summed E-state index contributed by atoms with van der Waals surface area (Å²) in [5.41, 5.74) is -0.879. The number of hydroxylamine groups is 2. The van der Waals surface area contributed by atoms with Gasteiger partial charge in [0.25, 0.3) is 0 Å². The molecule has 0 spiro atoms. The molecule has 5 nitrogen and oxygen atoms in total. The smallest absolute Gasteiger partial charge is 0.416 e. The number of halogens is 3. The Bertz CT molecular complexity index is 806. The Morgan fingerprint density at radius 3 is 2.33 bits per heavy atom. The lowest BCUT2D eigenvalue weighted by Gasteiger charge is -2.17. The number of likely N-dealkylation sites (N-methyl/N-ethyl adjacent to an activating group) is 1. The summed E-state index contributed by atoms with van der Waals surface area (Å²) in [6.45, 7) is 1.41. The highest BCUT2D eigenvalue weighted by Gasteiger charge is 2.32. The third kappa shape index (κ3) is 5.82. The van der Waals surface area contributed by atoms with Crippen LogP contribution < -0.4 is 4.74 Å². The van der Waals surface area contributed by atoms with E-state index >= 15 is 0 Å². The van der Waals surface area contributed by atoms with Gasteiger partial charge in [-0.15, -0.1) is 5.06 Å². The minimum atomic E-state index is -4.58. The summed E-state index contributed by atoms with van der Waals surface area (Å²) in [4.78, 5) is 28.3. The summed E-state index contributed by atoms with van der Waals surface area (Å²) in [5, 5.41) is 1.23. The van der Waals surface area contributed by atoms with Crippen molar-refractivity contribution in [3.63, 3.8) is 0 Å². The number of hydrogen-bond acceptors (Lipinski definition) is 5. The summed E-state index contributed by atoms with van der Waals surface area (Å²) in [6.07, 6.45) is -4.58. The second-order valence-electron chi connectivity index (χ2n) is 5.69. The van der Waals surface area contributed by atoms with Crippen LogP contribution in [-0.4, -0.2) is 37.0 Å². The standard InChI is InChI=1S/C19H18F3NO4/c1-13(24)27-23(2)10-11-26-17-9-8-15(19(20,21)22)12-16(17)18(25)14-6-4-3-5-7-14/h3-9,12H,10-11H2,1-2H3. The van der Waals surface area contributed by atoms with Crippen LogP contribution in [0.5, 0.6) is 5.75 Å². The number of carbonyl (C=O) groups is 2. The maximum atomic E-state index is 13.0. The van der Waals surface area contributed by atoms with Crippen LogP contribution in [0.25, 0.3) is 0 Å². The normalized spacial score (nSPS) is 11.3. The molecule has 0 N–H and O–H groups in total. The molecule has 0 unspecified atom stereocenters. The first-order valence-electron chi connectivity index (χ1n) is 8.02. The van der Waals surface area contributed by atoms with Crippen molar-refractivity contribution in [3.8, 4) is 5.75 Å². The van der Waals surface area contributed by atoms with E-state index in [4.69, 9.17) is 9.57 Å². The summed E-state index contributed by atoms with van der Waals surface area (Å²) in [6, 6.07) is 10.7. The zero-order chi connectivity index (χ0) is 20.0. The molecule has 27 heavy (non-hydrogen) atoms. The van der Waals surface area contributed by atoms with Gasteiger partial charge >= 0.3 is 12.1 Å². The number of benzene rings is 2. The molecule has 0 bridgehead atoms. The van der Waals surface area contributed by atoms with Crippen LogP contribution in [-0.2, 0) is 15.8 Å². The first-order chi connectivity index (χ1) is 12.7. The van der Waals surface area contributed by atoms with Gasteiger partial charge in [0.15, 0.2) is 5.78 Å². The van der Waals surface area contributed by atoms with Gasteiger partial charge in [-0.2, -0.15) is 13.2 Å². The van der Waals surface area contributed by atoms with E-state index < -0.39 is 23.5 Å². The number of ether oxygens (including phenoxy) is 1. The topological polar surface area (TPSA) is 55.8 Å². The molecule has 0 aliphatic carbocycles. The van der Waals surface area contributed by atoms with Crippen LogP contribution in [0, 0.1) is 0 Å². The van der Waals surface area contributed by atoms with E-state index in [0.717, 1.165) is 18.2 Å². The Hall–Kier alpha value is -2.87. The van der Waals surface area contributed by atoms with Crippen LogP contribution in [0.15, 0.2) is 48.5 Å². The second-order valence-corrected chi connectivity index (χ2v) is 5.69. The van der Waals surface area contributed by atoms with E-state index in [1.54, 1.807) is 18.2 Å². The SMILES string of the molecule is CC(=O)ON(C)CCOc1ccc(C(F)(F)F)cc1C(=O)c1ccccc1. The number of nitrogens with zero attached hydrogens (tertiary/aromatic N) is 1. The molecule has 0 saturated heterocycles. The van der Waals surface area contributed by atoms with Crippen molar-refractivity contribution in [1.82, 2.24) is 5.06 Å². The zero-order valence-electron chi connectivity index (χ0n) is 14.7. The number of carbonyl (C=O) groups excluding carboxylic acids is 2. The molecule has 0 radical (unpaired) electrons. The van der Waals surface area contributed by atoms with Gasteiger partial charge in [-0.3, -0.25) is 9.59 Å². The van der Waals surface area contributed by atoms with Gasteiger partial charge in [0.1, 0.15) is 12.4 Å². The highest BCUT2D eigenvalue weighted by Crippen LogP contribution is 2.33. The van der Waals surface area contributed by atoms with E-state index in [1.165, 1.54) is 31.2 Å². The van der Waals surface area contributed by atoms with Crippen molar-refractivity contribution in [2.75, 3.05) is 20.2 Å². The summed E-state index contributed by atoms with van der Waals surface area (Å²) >= 11 is 0. The molecule has 0 amide bonds. The molecule has 0 heterocycles. The monoisotopic (exact) mass is 381 g/mol. The van der Waals surface area contributed by atoms with Gasteiger partial charge < -0.3 is 9.57 Å². The van der Waals surface area contributed by atoms with E-state index in [1.807, 2.05) is 0 Å². The van der Waals surface area contributed by atoms with E-state index in [-0.39, 0.29) is 30.0 Å². The van der Waals surface area contributed by atoms with Crippen molar-refractivity contribution >= 4 is 11.8 Å². The van der Waals surface area contributed by atoms with Crippen LogP contribution in [0.3, 0.4) is 0 Å². The molecule has 8 heteroatoms. The van der Waals surface area contributed by atoms with E-state index in [2.05, 4.69) is 0 Å². The van der Waals surface area contributed by atoms with Crippen LogP contribution >= 0.6 is 0 Å². The molecular weight excluding hydrogens is 363 g/mol. The highest BCUT2D eigenvalue weighted by atomic mass is 19.4. The molecule has 0 atom stereocenters. The van der Waals surface area contributed by atoms with Gasteiger partial charge in [0.2, 0.25) is 0 Å². The summed E-state index contributed by atoms with van der Waals surface area (Å²) in [5.74, 6) is -1.06. The average Bonchev–Trinajstić information content (AvgIpc) is 2.60. The molecule has 2 rings (SSSR count). The number of hydrogen-bond donors (Lipinski definition) is 0. The lowest BCUT2D eigenvalue weighted by Crippen LogP contribution is -2.26. The minimum Gasteiger partial charge on any atom is -0.491 e. The largest absolute Gasteiger partial charge is 0.491 e. The number of ketones is 1. The lowest BCUT2D eigenvalue weighted by atomic mass is 10.00. The molecular formula is C19H18F3NO4. The molecule has 0 fully saturated rings. The summed E-state index contributed by atoms with van der Waals surface area (Å²) < 4.78 is 44.6. The zero-order valence-corrected chi connectivity index (χ0v) is 14.7. The maximum Gasteiger partial charge on any atom is 0.416 e. The highest BCUT2D eigenvalue weighted by molar-refractivity contribution is 6.10. The predicted molar refractivity (Wildman–Crippen MR) is 91.2 cm³/mol. The molecule has 0 aromatic heterocycles. The first kappa shape index (κ1) is 20.4. The van der Waals surface area contributed by atoms with Gasteiger partial charge in [0.05, 0.1) is 17.7 Å². The Labute approximate surface area is 154 Å². The molecule has 0 aliphatic heterocycles. The Balaban J connectivity index is 2.25. The van der Waals surface area contributed by atoms with Crippen LogP contribution in [0.1, 0.15) is 28.4 Å². The first-order valence-corrected chi connectivity index (χ1v) is 8.02. The minimum absolute atomic E-state index is 0.00418. The van der Waals surface area contributed by atoms with Gasteiger partial charge in [-0.25, -0.2) is 0 Å². The number of alkyl halides is 3. The second kappa shape index (κ2) is 8.68. The van der Waals surface area contributed by atoms with Crippen molar-refractivity contribution in [3.05, 3.63) is 65.2 Å². The molecule has 2 aromatic carbocycles. The van der Waals surface area contributed by atoms with Crippen LogP contribution in [0.4, 0.5) is 13.2 Å². The average molecular weight is 381 g/mol. The molecule has 0 saturated carbocycles. The van der Waals surface area contributed by atoms with E-state index in [9.17, 15) is 22.8 Å². The molecule has 2 aromatic rings. The molecule has 0 aliphatic rings. The van der Waals surface area contributed by atoms with Crippen molar-refractivity contribution in [2.45, 2.75) is 13.1 Å². The fourth-order valence-electron chi connectivity index (χ4n) is 2.30. The van der Waals surface area contributed by atoms with Crippen molar-refractivity contribution < 1.29 is 32.3 Å². The van der Waals surface area contributed by atoms with Gasteiger partial charge in [-0.05, 0) is 18.2 Å². The third-order valence-electron chi connectivity index (χ3n) is 3.54. The fourth-order valence-corrected chi connectivity index (χ4v) is 2.30. The third-order valence-corrected chi connectivity index (χ3v) is 3.54. The quantitative estimate of drug-likeness (QED) is 0.540. The van der Waals surface area contributed by atoms with Gasteiger partial charge in [0, 0.05) is 19.5 Å². The Morgan fingerprint density at radius 2 is 1.74 bits per heavy atom. The summed E-state index contributed by atoms with van der Waals surface area (Å²) in [7, 11) is 1.51. The van der Waals surface area contributed by atoms with Crippen molar-refractivity contribution in [1.29, 1.82) is 0 Å². The fraction of sp³-hybridized carbons (Fsp3) is 0.263. The van der Waals surface area contributed by atoms with Crippen LogP contribution in [0.2, 0.25) is 0 Å². The Morgan fingerprint density at radius 1 is 1.07 bits per heavy atom. The van der Waals surface area contributed by atoms with Crippen molar-refractivity contribution in [2.24, 2.45) is 0 Å².